The first-order valence-electron chi connectivity index (χ1n) is 6.68. The second kappa shape index (κ2) is 6.53. The summed E-state index contributed by atoms with van der Waals surface area (Å²) in [6.07, 6.45) is 2.20. The van der Waals surface area contributed by atoms with Crippen LogP contribution < -0.4 is 5.73 Å². The number of nitrogens with zero attached hydrogens (tertiary/aromatic N) is 1. The molecule has 0 radical (unpaired) electrons. The van der Waals surface area contributed by atoms with Crippen LogP contribution in [0.25, 0.3) is 0 Å². The van der Waals surface area contributed by atoms with Crippen molar-refractivity contribution in [1.29, 1.82) is 0 Å². The molecule has 1 unspecified atom stereocenters. The topological polar surface area (TPSA) is 29.3 Å². The maximum Gasteiger partial charge on any atom is 0.0490 e. The summed E-state index contributed by atoms with van der Waals surface area (Å²) in [6, 6.07) is 2.28. The fraction of sp³-hybridized carbons (Fsp3) is 0.714. The summed E-state index contributed by atoms with van der Waals surface area (Å²) in [5.41, 5.74) is 7.94. The van der Waals surface area contributed by atoms with E-state index in [-0.39, 0.29) is 11.6 Å². The molecule has 2 N–H and O–H groups in total. The van der Waals surface area contributed by atoms with Crippen molar-refractivity contribution in [3.63, 3.8) is 0 Å². The highest BCUT2D eigenvalue weighted by Gasteiger charge is 2.38. The summed E-state index contributed by atoms with van der Waals surface area (Å²) in [4.78, 5) is 2.52. The molecular weight excluding hydrogens is 228 g/mol. The summed E-state index contributed by atoms with van der Waals surface area (Å²) < 4.78 is 0. The Labute approximate surface area is 110 Å². The first-order valence-corrected chi connectivity index (χ1v) is 7.63. The molecule has 0 amide bonds. The molecule has 1 rings (SSSR count). The van der Waals surface area contributed by atoms with E-state index in [0.717, 1.165) is 25.9 Å². The minimum absolute atomic E-state index is 0.102. The molecule has 0 saturated heterocycles. The highest BCUT2D eigenvalue weighted by Crippen LogP contribution is 2.36. The Hall–Kier alpha value is -0.380. The van der Waals surface area contributed by atoms with E-state index >= 15 is 0 Å². The van der Waals surface area contributed by atoms with Crippen molar-refractivity contribution in [2.45, 2.75) is 52.1 Å². The molecular formula is C14H26N2S. The molecule has 17 heavy (non-hydrogen) atoms. The highest BCUT2D eigenvalue weighted by molar-refractivity contribution is 7.07. The lowest BCUT2D eigenvalue weighted by Gasteiger charge is -2.46. The standard InChI is InChI=1S/C14H26N2S/c1-5-14(6-2,16(7-3)8-4)13(15)12-9-10-17-11-12/h9-11,13H,5-8,15H2,1-4H3. The Balaban J connectivity index is 3.05. The molecule has 3 heteroatoms. The molecule has 0 aromatic carbocycles. The quantitative estimate of drug-likeness (QED) is 0.805. The zero-order valence-electron chi connectivity index (χ0n) is 11.6. The molecule has 0 fully saturated rings. The summed E-state index contributed by atoms with van der Waals surface area (Å²) in [5.74, 6) is 0. The van der Waals surface area contributed by atoms with Crippen molar-refractivity contribution in [2.24, 2.45) is 5.73 Å². The molecule has 1 aromatic heterocycles. The molecule has 0 aliphatic rings. The SMILES string of the molecule is CCN(CC)C(CC)(CC)C(N)c1ccsc1. The first kappa shape index (κ1) is 14.7. The van der Waals surface area contributed by atoms with Crippen molar-refractivity contribution in [1.82, 2.24) is 4.90 Å². The van der Waals surface area contributed by atoms with Gasteiger partial charge in [0.15, 0.2) is 0 Å². The third-order valence-corrected chi connectivity index (χ3v) is 4.80. The van der Waals surface area contributed by atoms with Crippen LogP contribution in [0.15, 0.2) is 16.8 Å². The van der Waals surface area contributed by atoms with E-state index < -0.39 is 0 Å². The lowest BCUT2D eigenvalue weighted by molar-refractivity contribution is 0.0626. The Morgan fingerprint density at radius 2 is 1.82 bits per heavy atom. The molecule has 1 aromatic rings. The van der Waals surface area contributed by atoms with Gasteiger partial charge in [-0.2, -0.15) is 11.3 Å². The summed E-state index contributed by atoms with van der Waals surface area (Å²) >= 11 is 1.73. The van der Waals surface area contributed by atoms with E-state index in [4.69, 9.17) is 5.73 Å². The Morgan fingerprint density at radius 1 is 1.24 bits per heavy atom. The third kappa shape index (κ3) is 2.72. The second-order valence-corrected chi connectivity index (χ2v) is 5.30. The largest absolute Gasteiger partial charge is 0.322 e. The lowest BCUT2D eigenvalue weighted by atomic mass is 9.80. The number of likely N-dealkylation sites (N-methyl/N-ethyl adjacent to an activating group) is 1. The van der Waals surface area contributed by atoms with Crippen LogP contribution >= 0.6 is 11.3 Å². The van der Waals surface area contributed by atoms with Crippen LogP contribution in [-0.2, 0) is 0 Å². The fourth-order valence-corrected chi connectivity index (χ4v) is 3.65. The molecule has 0 spiro atoms. The average Bonchev–Trinajstić information content (AvgIpc) is 2.89. The third-order valence-electron chi connectivity index (χ3n) is 4.10. The van der Waals surface area contributed by atoms with Gasteiger partial charge in [-0.15, -0.1) is 0 Å². The predicted octanol–water partition coefficient (Wildman–Crippen LogP) is 3.65. The van der Waals surface area contributed by atoms with Crippen LogP contribution in [0.4, 0.5) is 0 Å². The van der Waals surface area contributed by atoms with Crippen LogP contribution in [0.1, 0.15) is 52.1 Å². The van der Waals surface area contributed by atoms with Gasteiger partial charge in [0.1, 0.15) is 0 Å². The van der Waals surface area contributed by atoms with Gasteiger partial charge in [-0.3, -0.25) is 4.90 Å². The molecule has 2 nitrogen and oxygen atoms in total. The van der Waals surface area contributed by atoms with Gasteiger partial charge >= 0.3 is 0 Å². The van der Waals surface area contributed by atoms with Crippen LogP contribution in [0.3, 0.4) is 0 Å². The normalized spacial score (nSPS) is 14.2. The van der Waals surface area contributed by atoms with Gasteiger partial charge in [0.25, 0.3) is 0 Å². The van der Waals surface area contributed by atoms with Crippen molar-refractivity contribution < 1.29 is 0 Å². The molecule has 0 saturated carbocycles. The van der Waals surface area contributed by atoms with Gasteiger partial charge < -0.3 is 5.73 Å². The van der Waals surface area contributed by atoms with E-state index in [0.29, 0.717) is 0 Å². The van der Waals surface area contributed by atoms with Crippen molar-refractivity contribution in [3.8, 4) is 0 Å². The Morgan fingerprint density at radius 3 is 2.18 bits per heavy atom. The zero-order chi connectivity index (χ0) is 12.9. The van der Waals surface area contributed by atoms with E-state index in [2.05, 4.69) is 49.4 Å². The minimum atomic E-state index is 0.102. The number of hydrogen-bond donors (Lipinski definition) is 1. The van der Waals surface area contributed by atoms with Crippen molar-refractivity contribution in [3.05, 3.63) is 22.4 Å². The summed E-state index contributed by atoms with van der Waals surface area (Å²) in [7, 11) is 0. The van der Waals surface area contributed by atoms with Gasteiger partial charge in [0.2, 0.25) is 0 Å². The highest BCUT2D eigenvalue weighted by atomic mass is 32.1. The molecule has 98 valence electrons. The molecule has 1 heterocycles. The summed E-state index contributed by atoms with van der Waals surface area (Å²) in [5, 5.41) is 4.31. The Kier molecular flexibility index (Phi) is 5.63. The van der Waals surface area contributed by atoms with Gasteiger partial charge in [0, 0.05) is 11.6 Å². The van der Waals surface area contributed by atoms with Gasteiger partial charge in [-0.25, -0.2) is 0 Å². The number of thiophene rings is 1. The molecule has 0 aliphatic carbocycles. The van der Waals surface area contributed by atoms with Gasteiger partial charge in [-0.1, -0.05) is 27.7 Å². The Bertz CT molecular complexity index is 300. The summed E-state index contributed by atoms with van der Waals surface area (Å²) in [6.45, 7) is 11.1. The van der Waals surface area contributed by atoms with Crippen LogP contribution in [0.5, 0.6) is 0 Å². The average molecular weight is 254 g/mol. The van der Waals surface area contributed by atoms with Crippen molar-refractivity contribution >= 4 is 11.3 Å². The van der Waals surface area contributed by atoms with E-state index in [1.807, 2.05) is 0 Å². The number of nitrogens with two attached hydrogens (primary N) is 1. The zero-order valence-corrected chi connectivity index (χ0v) is 12.4. The second-order valence-electron chi connectivity index (χ2n) is 4.52. The number of hydrogen-bond acceptors (Lipinski definition) is 3. The van der Waals surface area contributed by atoms with Gasteiger partial charge in [0.05, 0.1) is 0 Å². The maximum absolute atomic E-state index is 6.56. The predicted molar refractivity (Wildman–Crippen MR) is 77.5 cm³/mol. The molecule has 0 aliphatic heterocycles. The van der Waals surface area contributed by atoms with Crippen LogP contribution in [-0.4, -0.2) is 23.5 Å². The molecule has 1 atom stereocenters. The van der Waals surface area contributed by atoms with Crippen molar-refractivity contribution in [2.75, 3.05) is 13.1 Å². The van der Waals surface area contributed by atoms with E-state index in [1.54, 1.807) is 11.3 Å². The smallest absolute Gasteiger partial charge is 0.0490 e. The van der Waals surface area contributed by atoms with E-state index in [9.17, 15) is 0 Å². The molecule has 0 bridgehead atoms. The first-order chi connectivity index (χ1) is 8.16. The van der Waals surface area contributed by atoms with E-state index in [1.165, 1.54) is 5.56 Å². The fourth-order valence-electron chi connectivity index (χ4n) is 2.95. The van der Waals surface area contributed by atoms with Crippen LogP contribution in [0, 0.1) is 0 Å². The maximum atomic E-state index is 6.56. The van der Waals surface area contributed by atoms with Gasteiger partial charge in [-0.05, 0) is 48.3 Å². The van der Waals surface area contributed by atoms with Crippen LogP contribution in [0.2, 0.25) is 0 Å². The number of rotatable bonds is 7. The minimum Gasteiger partial charge on any atom is -0.322 e. The monoisotopic (exact) mass is 254 g/mol. The lowest BCUT2D eigenvalue weighted by Crippen LogP contribution is -2.54.